The minimum absolute atomic E-state index is 0.0511. The lowest BCUT2D eigenvalue weighted by Crippen LogP contribution is -2.36. The number of carbonyl (C=O) groups excluding carboxylic acids is 2. The first-order chi connectivity index (χ1) is 21.9. The van der Waals surface area contributed by atoms with Gasteiger partial charge >= 0.3 is 6.18 Å². The van der Waals surface area contributed by atoms with Gasteiger partial charge in [-0.3, -0.25) is 9.59 Å². The maximum atomic E-state index is 13.6. The van der Waals surface area contributed by atoms with Gasteiger partial charge in [-0.2, -0.15) is 13.2 Å². The number of halogens is 3. The zero-order valence-corrected chi connectivity index (χ0v) is 25.9. The predicted octanol–water partition coefficient (Wildman–Crippen LogP) is 7.03. The highest BCUT2D eigenvalue weighted by molar-refractivity contribution is 6.00. The molecular formula is C35H37F3N4O4. The average molecular weight is 635 g/mol. The molecule has 0 radical (unpaired) electrons. The SMILES string of the molecule is Cc1cc(C(=O)N[C@@H](C)CC(NCc2cccc(C(F)(F)F)c2)c2cccc(O)c2)cc(C(=O)N2CCC[C@@H]2c2nc(C)co2)c1. The van der Waals surface area contributed by atoms with Crippen LogP contribution in [-0.4, -0.2) is 39.4 Å². The Morgan fingerprint density at radius 1 is 1.07 bits per heavy atom. The Hall–Kier alpha value is -4.64. The summed E-state index contributed by atoms with van der Waals surface area (Å²) in [4.78, 5) is 33.2. The quantitative estimate of drug-likeness (QED) is 0.173. The number of aromatic hydroxyl groups is 1. The number of alkyl halides is 3. The number of hydrogen-bond acceptors (Lipinski definition) is 6. The largest absolute Gasteiger partial charge is 0.508 e. The summed E-state index contributed by atoms with van der Waals surface area (Å²) in [6.45, 7) is 6.18. The topological polar surface area (TPSA) is 108 Å². The smallest absolute Gasteiger partial charge is 0.416 e. The Balaban J connectivity index is 1.29. The van der Waals surface area contributed by atoms with Gasteiger partial charge < -0.3 is 25.1 Å². The summed E-state index contributed by atoms with van der Waals surface area (Å²) in [5.74, 6) is -0.00746. The molecular weight excluding hydrogens is 597 g/mol. The van der Waals surface area contributed by atoms with Crippen molar-refractivity contribution >= 4 is 11.8 Å². The van der Waals surface area contributed by atoms with E-state index in [2.05, 4.69) is 15.6 Å². The molecule has 4 aromatic rings. The van der Waals surface area contributed by atoms with E-state index in [1.807, 2.05) is 26.8 Å². The number of likely N-dealkylation sites (tertiary alicyclic amines) is 1. The number of phenols is 1. The van der Waals surface area contributed by atoms with Crippen molar-refractivity contribution in [2.24, 2.45) is 0 Å². The number of amides is 2. The summed E-state index contributed by atoms with van der Waals surface area (Å²) in [5, 5.41) is 16.4. The molecule has 2 amide bonds. The summed E-state index contributed by atoms with van der Waals surface area (Å²) in [7, 11) is 0. The van der Waals surface area contributed by atoms with Crippen LogP contribution < -0.4 is 10.6 Å². The molecule has 3 atom stereocenters. The first-order valence-corrected chi connectivity index (χ1v) is 15.2. The van der Waals surface area contributed by atoms with Crippen molar-refractivity contribution in [1.29, 1.82) is 0 Å². The van der Waals surface area contributed by atoms with Crippen LogP contribution in [0.3, 0.4) is 0 Å². The van der Waals surface area contributed by atoms with Gasteiger partial charge in [-0.05, 0) is 93.1 Å². The van der Waals surface area contributed by atoms with Crippen LogP contribution in [0, 0.1) is 13.8 Å². The standard InChI is InChI=1S/C35H37F3N4O4/c1-21-13-26(17-27(14-21)34(45)42-12-6-11-31(42)33-41-23(3)20-46-33)32(44)40-22(2)15-30(25-8-5-10-29(43)18-25)39-19-24-7-4-9-28(16-24)35(36,37)38/h4-5,7-10,13-14,16-18,20,22,30-31,39,43H,6,11-12,15,19H2,1-3H3,(H,40,44)/t22-,30?,31+/m0/s1. The Bertz CT molecular complexity index is 1700. The monoisotopic (exact) mass is 634 g/mol. The summed E-state index contributed by atoms with van der Waals surface area (Å²) in [5.41, 5.74) is 2.68. The van der Waals surface area contributed by atoms with Crippen LogP contribution in [0.1, 0.15) is 92.8 Å². The zero-order chi connectivity index (χ0) is 33.0. The molecule has 2 heterocycles. The molecule has 1 aliphatic rings. The molecule has 242 valence electrons. The lowest BCUT2D eigenvalue weighted by molar-refractivity contribution is -0.137. The molecule has 3 aromatic carbocycles. The van der Waals surface area contributed by atoms with E-state index >= 15 is 0 Å². The lowest BCUT2D eigenvalue weighted by Gasteiger charge is -2.25. The number of aryl methyl sites for hydroxylation is 2. The van der Waals surface area contributed by atoms with Crippen LogP contribution in [-0.2, 0) is 12.7 Å². The first kappa shape index (κ1) is 32.7. The van der Waals surface area contributed by atoms with Crippen LogP contribution in [0.4, 0.5) is 13.2 Å². The summed E-state index contributed by atoms with van der Waals surface area (Å²) in [6.07, 6.45) is -0.956. The molecule has 8 nitrogen and oxygen atoms in total. The van der Waals surface area contributed by atoms with E-state index in [-0.39, 0.29) is 36.2 Å². The highest BCUT2D eigenvalue weighted by Gasteiger charge is 2.34. The van der Waals surface area contributed by atoms with Gasteiger partial charge in [0.1, 0.15) is 18.1 Å². The minimum Gasteiger partial charge on any atom is -0.508 e. The fraction of sp³-hybridized carbons (Fsp3) is 0.343. The maximum absolute atomic E-state index is 13.6. The van der Waals surface area contributed by atoms with E-state index in [9.17, 15) is 27.9 Å². The molecule has 46 heavy (non-hydrogen) atoms. The van der Waals surface area contributed by atoms with E-state index in [0.29, 0.717) is 35.5 Å². The van der Waals surface area contributed by atoms with Crippen molar-refractivity contribution in [2.75, 3.05) is 6.54 Å². The number of hydrogen-bond donors (Lipinski definition) is 3. The molecule has 3 N–H and O–H groups in total. The van der Waals surface area contributed by atoms with Gasteiger partial charge in [-0.15, -0.1) is 0 Å². The van der Waals surface area contributed by atoms with E-state index in [4.69, 9.17) is 4.42 Å². The van der Waals surface area contributed by atoms with Gasteiger partial charge in [0.05, 0.1) is 11.3 Å². The Labute approximate surface area is 265 Å². The van der Waals surface area contributed by atoms with Gasteiger partial charge in [0.15, 0.2) is 0 Å². The molecule has 0 aliphatic carbocycles. The van der Waals surface area contributed by atoms with Crippen molar-refractivity contribution in [3.8, 4) is 5.75 Å². The third kappa shape index (κ3) is 7.95. The Morgan fingerprint density at radius 3 is 2.54 bits per heavy atom. The van der Waals surface area contributed by atoms with E-state index in [1.54, 1.807) is 47.6 Å². The van der Waals surface area contributed by atoms with Crippen molar-refractivity contribution in [3.05, 3.63) is 118 Å². The number of rotatable bonds is 10. The second kappa shape index (κ2) is 13.8. The average Bonchev–Trinajstić information content (AvgIpc) is 3.67. The van der Waals surface area contributed by atoms with E-state index in [1.165, 1.54) is 12.1 Å². The molecule has 11 heteroatoms. The van der Waals surface area contributed by atoms with Gasteiger partial charge in [0, 0.05) is 36.3 Å². The van der Waals surface area contributed by atoms with Crippen molar-refractivity contribution in [2.45, 2.75) is 70.9 Å². The van der Waals surface area contributed by atoms with Crippen molar-refractivity contribution in [3.63, 3.8) is 0 Å². The van der Waals surface area contributed by atoms with Gasteiger partial charge in [-0.1, -0.05) is 30.3 Å². The second-order valence-electron chi connectivity index (χ2n) is 11.9. The number of benzene rings is 3. The van der Waals surface area contributed by atoms with Crippen LogP contribution in [0.15, 0.2) is 77.4 Å². The first-order valence-electron chi connectivity index (χ1n) is 15.2. The minimum atomic E-state index is -4.45. The van der Waals surface area contributed by atoms with E-state index < -0.39 is 17.8 Å². The molecule has 5 rings (SSSR count). The van der Waals surface area contributed by atoms with Gasteiger partial charge in [0.2, 0.25) is 5.89 Å². The fourth-order valence-corrected chi connectivity index (χ4v) is 5.89. The maximum Gasteiger partial charge on any atom is 0.416 e. The number of aromatic nitrogens is 1. The van der Waals surface area contributed by atoms with E-state index in [0.717, 1.165) is 41.8 Å². The molecule has 1 aliphatic heterocycles. The van der Waals surface area contributed by atoms with Crippen LogP contribution in [0.25, 0.3) is 0 Å². The number of phenolic OH excluding ortho intramolecular Hbond substituents is 1. The molecule has 0 saturated carbocycles. The van der Waals surface area contributed by atoms with Gasteiger partial charge in [-0.25, -0.2) is 4.98 Å². The number of carbonyl (C=O) groups is 2. The molecule has 0 spiro atoms. The van der Waals surface area contributed by atoms with Crippen LogP contribution >= 0.6 is 0 Å². The molecule has 1 unspecified atom stereocenters. The Kier molecular flexibility index (Phi) is 9.81. The number of oxazole rings is 1. The molecule has 1 aromatic heterocycles. The lowest BCUT2D eigenvalue weighted by atomic mass is 9.98. The third-order valence-corrected chi connectivity index (χ3v) is 8.07. The predicted molar refractivity (Wildman–Crippen MR) is 166 cm³/mol. The fourth-order valence-electron chi connectivity index (χ4n) is 5.89. The molecule has 0 bridgehead atoms. The van der Waals surface area contributed by atoms with Crippen molar-refractivity contribution < 1.29 is 32.3 Å². The highest BCUT2D eigenvalue weighted by atomic mass is 19.4. The number of nitrogens with one attached hydrogen (secondary N) is 2. The molecule has 1 fully saturated rings. The normalized spacial score (nSPS) is 16.3. The van der Waals surface area contributed by atoms with Gasteiger partial charge in [0.25, 0.3) is 11.8 Å². The highest BCUT2D eigenvalue weighted by Crippen LogP contribution is 2.33. The Morgan fingerprint density at radius 2 is 1.83 bits per heavy atom. The molecule has 1 saturated heterocycles. The zero-order valence-electron chi connectivity index (χ0n) is 25.9. The van der Waals surface area contributed by atoms with Crippen LogP contribution in [0.2, 0.25) is 0 Å². The number of nitrogens with zero attached hydrogens (tertiary/aromatic N) is 2. The second-order valence-corrected chi connectivity index (χ2v) is 11.9. The summed E-state index contributed by atoms with van der Waals surface area (Å²) >= 11 is 0. The third-order valence-electron chi connectivity index (χ3n) is 8.07. The van der Waals surface area contributed by atoms with Crippen LogP contribution in [0.5, 0.6) is 5.75 Å². The summed E-state index contributed by atoms with van der Waals surface area (Å²) in [6, 6.07) is 15.7. The summed E-state index contributed by atoms with van der Waals surface area (Å²) < 4.78 is 45.4. The van der Waals surface area contributed by atoms with Crippen molar-refractivity contribution in [1.82, 2.24) is 20.5 Å².